The van der Waals surface area contributed by atoms with Crippen LogP contribution < -0.4 is 0 Å². The van der Waals surface area contributed by atoms with E-state index in [9.17, 15) is 4.79 Å². The summed E-state index contributed by atoms with van der Waals surface area (Å²) in [6.45, 7) is 0.536. The zero-order valence-corrected chi connectivity index (χ0v) is 10.7. The fourth-order valence-electron chi connectivity index (χ4n) is 1.62. The van der Waals surface area contributed by atoms with Crippen molar-refractivity contribution in [3.63, 3.8) is 0 Å². The number of pyridine rings is 1. The van der Waals surface area contributed by atoms with Crippen LogP contribution in [0, 0.1) is 5.92 Å². The standard InChI is InChI=1S/C12H11NO2S2/c14-12(15-5-8-6-16-7-8)9-3-11-10(13-4-9)1-2-17-11/h1-4,8H,5-7H2. The van der Waals surface area contributed by atoms with E-state index in [0.717, 1.165) is 21.7 Å². The van der Waals surface area contributed by atoms with Crippen molar-refractivity contribution in [1.29, 1.82) is 0 Å². The van der Waals surface area contributed by atoms with Crippen molar-refractivity contribution in [1.82, 2.24) is 4.98 Å². The van der Waals surface area contributed by atoms with E-state index in [2.05, 4.69) is 4.98 Å². The topological polar surface area (TPSA) is 39.2 Å². The Kier molecular flexibility index (Phi) is 3.03. The first-order chi connectivity index (χ1) is 8.33. The molecule has 3 heterocycles. The normalized spacial score (nSPS) is 15.8. The highest BCUT2D eigenvalue weighted by atomic mass is 32.2. The number of hydrogen-bond acceptors (Lipinski definition) is 5. The fraction of sp³-hybridized carbons (Fsp3) is 0.333. The molecule has 0 aromatic carbocycles. The van der Waals surface area contributed by atoms with Crippen molar-refractivity contribution in [3.05, 3.63) is 29.3 Å². The van der Waals surface area contributed by atoms with Crippen LogP contribution in [0.15, 0.2) is 23.7 Å². The average molecular weight is 265 g/mol. The Morgan fingerprint density at radius 3 is 3.18 bits per heavy atom. The molecular weight excluding hydrogens is 254 g/mol. The average Bonchev–Trinajstić information content (AvgIpc) is 2.73. The van der Waals surface area contributed by atoms with Crippen LogP contribution in [0.1, 0.15) is 10.4 Å². The van der Waals surface area contributed by atoms with Gasteiger partial charge in [-0.2, -0.15) is 11.8 Å². The van der Waals surface area contributed by atoms with Gasteiger partial charge in [0, 0.05) is 23.6 Å². The maximum Gasteiger partial charge on any atom is 0.339 e. The third-order valence-electron chi connectivity index (χ3n) is 2.70. The van der Waals surface area contributed by atoms with E-state index in [1.54, 1.807) is 17.5 Å². The minimum Gasteiger partial charge on any atom is -0.462 e. The molecule has 0 spiro atoms. The zero-order valence-electron chi connectivity index (χ0n) is 9.09. The Morgan fingerprint density at radius 1 is 1.53 bits per heavy atom. The smallest absolute Gasteiger partial charge is 0.339 e. The molecule has 0 N–H and O–H groups in total. The highest BCUT2D eigenvalue weighted by Crippen LogP contribution is 2.25. The molecule has 1 saturated heterocycles. The molecule has 17 heavy (non-hydrogen) atoms. The van der Waals surface area contributed by atoms with E-state index in [0.29, 0.717) is 18.1 Å². The van der Waals surface area contributed by atoms with Crippen LogP contribution in [0.5, 0.6) is 0 Å². The van der Waals surface area contributed by atoms with Crippen LogP contribution >= 0.6 is 23.1 Å². The second kappa shape index (κ2) is 4.66. The molecule has 0 aliphatic carbocycles. The van der Waals surface area contributed by atoms with Gasteiger partial charge in [-0.05, 0) is 17.5 Å². The summed E-state index contributed by atoms with van der Waals surface area (Å²) in [5.74, 6) is 2.50. The molecule has 1 fully saturated rings. The molecule has 0 saturated carbocycles. The van der Waals surface area contributed by atoms with Gasteiger partial charge in [-0.1, -0.05) is 0 Å². The lowest BCUT2D eigenvalue weighted by atomic mass is 10.2. The number of esters is 1. The number of nitrogens with zero attached hydrogens (tertiary/aromatic N) is 1. The van der Waals surface area contributed by atoms with E-state index in [1.807, 2.05) is 29.3 Å². The van der Waals surface area contributed by atoms with Crippen LogP contribution in [0.25, 0.3) is 10.2 Å². The zero-order chi connectivity index (χ0) is 11.7. The van der Waals surface area contributed by atoms with E-state index in [-0.39, 0.29) is 5.97 Å². The molecule has 0 amide bonds. The number of thioether (sulfide) groups is 1. The lowest BCUT2D eigenvalue weighted by Crippen LogP contribution is -2.25. The molecule has 3 rings (SSSR count). The molecule has 88 valence electrons. The number of carbonyl (C=O) groups is 1. The Hall–Kier alpha value is -1.07. The van der Waals surface area contributed by atoms with E-state index in [1.165, 1.54) is 0 Å². The summed E-state index contributed by atoms with van der Waals surface area (Å²) < 4.78 is 6.30. The lowest BCUT2D eigenvalue weighted by molar-refractivity contribution is 0.0458. The summed E-state index contributed by atoms with van der Waals surface area (Å²) >= 11 is 3.48. The van der Waals surface area contributed by atoms with Crippen molar-refractivity contribution < 1.29 is 9.53 Å². The molecule has 1 aliphatic heterocycles. The van der Waals surface area contributed by atoms with Crippen molar-refractivity contribution in [3.8, 4) is 0 Å². The third kappa shape index (κ3) is 2.30. The largest absolute Gasteiger partial charge is 0.462 e. The van der Waals surface area contributed by atoms with Crippen molar-refractivity contribution in [2.24, 2.45) is 5.92 Å². The predicted molar refractivity (Wildman–Crippen MR) is 70.7 cm³/mol. The second-order valence-corrected chi connectivity index (χ2v) is 6.05. The van der Waals surface area contributed by atoms with Gasteiger partial charge in [-0.3, -0.25) is 4.98 Å². The minimum absolute atomic E-state index is 0.260. The van der Waals surface area contributed by atoms with Gasteiger partial charge in [0.25, 0.3) is 0 Å². The van der Waals surface area contributed by atoms with Gasteiger partial charge in [0.15, 0.2) is 0 Å². The Morgan fingerprint density at radius 2 is 2.41 bits per heavy atom. The van der Waals surface area contributed by atoms with E-state index < -0.39 is 0 Å². The van der Waals surface area contributed by atoms with Crippen LogP contribution in [0.3, 0.4) is 0 Å². The molecule has 3 nitrogen and oxygen atoms in total. The molecule has 2 aromatic rings. The van der Waals surface area contributed by atoms with Gasteiger partial charge >= 0.3 is 5.97 Å². The first-order valence-electron chi connectivity index (χ1n) is 5.41. The van der Waals surface area contributed by atoms with Crippen LogP contribution in [0.2, 0.25) is 0 Å². The number of hydrogen-bond donors (Lipinski definition) is 0. The van der Waals surface area contributed by atoms with Gasteiger partial charge < -0.3 is 4.74 Å². The number of fused-ring (bicyclic) bond motifs is 1. The maximum absolute atomic E-state index is 11.8. The molecule has 0 atom stereocenters. The van der Waals surface area contributed by atoms with Crippen molar-refractivity contribution in [2.75, 3.05) is 18.1 Å². The summed E-state index contributed by atoms with van der Waals surface area (Å²) in [5, 5.41) is 1.97. The van der Waals surface area contributed by atoms with Crippen molar-refractivity contribution >= 4 is 39.3 Å². The van der Waals surface area contributed by atoms with E-state index in [4.69, 9.17) is 4.74 Å². The number of aromatic nitrogens is 1. The molecule has 1 aliphatic rings. The summed E-state index contributed by atoms with van der Waals surface area (Å²) in [7, 11) is 0. The summed E-state index contributed by atoms with van der Waals surface area (Å²) in [4.78, 5) is 16.0. The predicted octanol–water partition coefficient (Wildman–Crippen LogP) is 2.82. The second-order valence-electron chi connectivity index (χ2n) is 4.03. The van der Waals surface area contributed by atoms with Crippen LogP contribution in [-0.4, -0.2) is 29.1 Å². The monoisotopic (exact) mass is 265 g/mol. The third-order valence-corrected chi connectivity index (χ3v) is 4.96. The summed E-state index contributed by atoms with van der Waals surface area (Å²) in [5.41, 5.74) is 1.48. The highest BCUT2D eigenvalue weighted by molar-refractivity contribution is 8.00. The van der Waals surface area contributed by atoms with Crippen molar-refractivity contribution in [2.45, 2.75) is 0 Å². The number of rotatable bonds is 3. The maximum atomic E-state index is 11.8. The molecule has 0 bridgehead atoms. The summed E-state index contributed by atoms with van der Waals surface area (Å²) in [6.07, 6.45) is 1.59. The lowest BCUT2D eigenvalue weighted by Gasteiger charge is -2.23. The SMILES string of the molecule is O=C(OCC1CSC1)c1cnc2ccsc2c1. The fourth-order valence-corrected chi connectivity index (χ4v) is 3.16. The molecule has 0 unspecified atom stereocenters. The molecular formula is C12H11NO2S2. The molecule has 0 radical (unpaired) electrons. The van der Waals surface area contributed by atoms with Gasteiger partial charge in [-0.15, -0.1) is 11.3 Å². The number of thiophene rings is 1. The highest BCUT2D eigenvalue weighted by Gasteiger charge is 2.20. The minimum atomic E-state index is -0.260. The van der Waals surface area contributed by atoms with Crippen LogP contribution in [-0.2, 0) is 4.74 Å². The Bertz CT molecular complexity index is 548. The first kappa shape index (κ1) is 11.0. The summed E-state index contributed by atoms with van der Waals surface area (Å²) in [6, 6.07) is 3.80. The van der Waals surface area contributed by atoms with Gasteiger partial charge in [0.2, 0.25) is 0 Å². The van der Waals surface area contributed by atoms with E-state index >= 15 is 0 Å². The van der Waals surface area contributed by atoms with Gasteiger partial charge in [0.05, 0.1) is 22.4 Å². The number of carbonyl (C=O) groups excluding carboxylic acids is 1. The van der Waals surface area contributed by atoms with Gasteiger partial charge in [-0.25, -0.2) is 4.79 Å². The Labute approximate surface area is 107 Å². The van der Waals surface area contributed by atoms with Gasteiger partial charge in [0.1, 0.15) is 0 Å². The van der Waals surface area contributed by atoms with Crippen LogP contribution in [0.4, 0.5) is 0 Å². The first-order valence-corrected chi connectivity index (χ1v) is 7.44. The molecule has 2 aromatic heterocycles. The quantitative estimate of drug-likeness (QED) is 0.800. The Balaban J connectivity index is 1.70. The number of ether oxygens (including phenoxy) is 1. The molecule has 5 heteroatoms.